The minimum Gasteiger partial charge on any atom is -0.478 e. The summed E-state index contributed by atoms with van der Waals surface area (Å²) < 4.78 is 6.37. The van der Waals surface area contributed by atoms with Crippen molar-refractivity contribution in [2.24, 2.45) is 0 Å². The molecular formula is C15H8Br2N2O4. The Morgan fingerprint density at radius 2 is 2.04 bits per heavy atom. The topological polar surface area (TPSA) is 103 Å². The molecule has 0 saturated heterocycles. The molecule has 0 unspecified atom stereocenters. The van der Waals surface area contributed by atoms with E-state index in [4.69, 9.17) is 14.8 Å². The van der Waals surface area contributed by atoms with Gasteiger partial charge in [-0.05, 0) is 56.1 Å². The van der Waals surface area contributed by atoms with Crippen molar-refractivity contribution in [1.29, 1.82) is 5.26 Å². The highest BCUT2D eigenvalue weighted by molar-refractivity contribution is 9.13. The van der Waals surface area contributed by atoms with E-state index in [1.165, 1.54) is 30.3 Å². The zero-order chi connectivity index (χ0) is 17.0. The summed E-state index contributed by atoms with van der Waals surface area (Å²) in [6.07, 6.45) is 1.28. The van der Waals surface area contributed by atoms with Crippen LogP contribution in [0.3, 0.4) is 0 Å². The zero-order valence-corrected chi connectivity index (χ0v) is 14.5. The molecule has 1 aromatic carbocycles. The van der Waals surface area contributed by atoms with Crippen molar-refractivity contribution < 1.29 is 19.1 Å². The van der Waals surface area contributed by atoms with E-state index in [-0.39, 0.29) is 16.8 Å². The molecule has 0 spiro atoms. The maximum atomic E-state index is 12.1. The van der Waals surface area contributed by atoms with Crippen LogP contribution in [0.4, 0.5) is 5.69 Å². The van der Waals surface area contributed by atoms with Gasteiger partial charge in [0, 0.05) is 11.8 Å². The summed E-state index contributed by atoms with van der Waals surface area (Å²) in [5, 5.41) is 20.5. The van der Waals surface area contributed by atoms with Crippen molar-refractivity contribution in [3.63, 3.8) is 0 Å². The van der Waals surface area contributed by atoms with Crippen LogP contribution in [-0.2, 0) is 4.79 Å². The number of rotatable bonds is 4. The minimum atomic E-state index is -1.11. The fourth-order valence-corrected chi connectivity index (χ4v) is 2.26. The van der Waals surface area contributed by atoms with E-state index in [1.807, 2.05) is 0 Å². The molecule has 23 heavy (non-hydrogen) atoms. The largest absolute Gasteiger partial charge is 0.478 e. The molecule has 2 aromatic rings. The molecule has 8 heteroatoms. The summed E-state index contributed by atoms with van der Waals surface area (Å²) in [6.45, 7) is 0. The number of nitrogens with one attached hydrogen (secondary N) is 1. The van der Waals surface area contributed by atoms with Crippen molar-refractivity contribution in [2.75, 3.05) is 5.32 Å². The van der Waals surface area contributed by atoms with Gasteiger partial charge in [-0.3, -0.25) is 4.79 Å². The summed E-state index contributed by atoms with van der Waals surface area (Å²) >= 11 is 6.39. The van der Waals surface area contributed by atoms with Gasteiger partial charge in [-0.2, -0.15) is 5.26 Å². The average molecular weight is 440 g/mol. The summed E-state index contributed by atoms with van der Waals surface area (Å²) in [4.78, 5) is 23.0. The van der Waals surface area contributed by atoms with Gasteiger partial charge in [0.2, 0.25) is 0 Å². The first kappa shape index (κ1) is 17.0. The molecule has 0 radical (unpaired) electrons. The van der Waals surface area contributed by atoms with Crippen molar-refractivity contribution >= 4 is 55.5 Å². The number of furan rings is 1. The number of halogens is 2. The molecule has 6 nitrogen and oxygen atoms in total. The number of nitriles is 1. The maximum Gasteiger partial charge on any atom is 0.335 e. The van der Waals surface area contributed by atoms with Crippen LogP contribution >= 0.6 is 31.9 Å². The van der Waals surface area contributed by atoms with Crippen molar-refractivity contribution in [3.8, 4) is 6.07 Å². The smallest absolute Gasteiger partial charge is 0.335 e. The SMILES string of the molecule is N#CC(=Cc1cc(Br)c(Br)o1)C(=O)Nc1cccc(C(=O)O)c1. The standard InChI is InChI=1S/C15H8Br2N2O4/c16-12-6-11(23-13(12)17)5-9(7-18)14(20)19-10-3-1-2-8(4-10)15(21)22/h1-6H,(H,19,20)(H,21,22). The van der Waals surface area contributed by atoms with Crippen molar-refractivity contribution in [1.82, 2.24) is 0 Å². The van der Waals surface area contributed by atoms with E-state index in [9.17, 15) is 9.59 Å². The molecule has 0 atom stereocenters. The van der Waals surface area contributed by atoms with Crippen LogP contribution in [0.25, 0.3) is 6.08 Å². The molecule has 0 aliphatic rings. The molecule has 1 amide bonds. The summed E-state index contributed by atoms with van der Waals surface area (Å²) in [5.74, 6) is -1.46. The van der Waals surface area contributed by atoms with E-state index >= 15 is 0 Å². The Bertz CT molecular complexity index is 830. The van der Waals surface area contributed by atoms with E-state index in [1.54, 1.807) is 12.1 Å². The third-order valence-electron chi connectivity index (χ3n) is 2.68. The van der Waals surface area contributed by atoms with Gasteiger partial charge in [0.1, 0.15) is 17.4 Å². The van der Waals surface area contributed by atoms with Crippen LogP contribution in [0.1, 0.15) is 16.1 Å². The summed E-state index contributed by atoms with van der Waals surface area (Å²) in [7, 11) is 0. The second kappa shape index (κ2) is 7.26. The molecule has 2 N–H and O–H groups in total. The van der Waals surface area contributed by atoms with Gasteiger partial charge < -0.3 is 14.8 Å². The molecule has 1 aromatic heterocycles. The second-order valence-corrected chi connectivity index (χ2v) is 5.85. The van der Waals surface area contributed by atoms with E-state index in [0.717, 1.165) is 0 Å². The Kier molecular flexibility index (Phi) is 5.36. The number of carboxylic acids is 1. The number of amides is 1. The minimum absolute atomic E-state index is 0.0317. The Hall–Kier alpha value is -2.37. The predicted octanol–water partition coefficient (Wildman–Crippen LogP) is 4.05. The Balaban J connectivity index is 2.22. The van der Waals surface area contributed by atoms with Gasteiger partial charge in [0.15, 0.2) is 4.67 Å². The van der Waals surface area contributed by atoms with Gasteiger partial charge in [0.25, 0.3) is 5.91 Å². The van der Waals surface area contributed by atoms with E-state index < -0.39 is 11.9 Å². The van der Waals surface area contributed by atoms with Gasteiger partial charge in [0.05, 0.1) is 10.0 Å². The Labute approximate surface area is 147 Å². The number of benzene rings is 1. The lowest BCUT2D eigenvalue weighted by Gasteiger charge is -2.04. The van der Waals surface area contributed by atoms with E-state index in [0.29, 0.717) is 14.9 Å². The van der Waals surface area contributed by atoms with Gasteiger partial charge >= 0.3 is 5.97 Å². The fraction of sp³-hybridized carbons (Fsp3) is 0. The fourth-order valence-electron chi connectivity index (χ4n) is 1.65. The average Bonchev–Trinajstić information content (AvgIpc) is 2.83. The summed E-state index contributed by atoms with van der Waals surface area (Å²) in [6, 6.07) is 9.10. The molecular weight excluding hydrogens is 432 g/mol. The monoisotopic (exact) mass is 438 g/mol. The highest BCUT2D eigenvalue weighted by Crippen LogP contribution is 2.28. The summed E-state index contributed by atoms with van der Waals surface area (Å²) in [5.41, 5.74) is 0.126. The first-order valence-corrected chi connectivity index (χ1v) is 7.70. The Morgan fingerprint density at radius 3 is 2.61 bits per heavy atom. The van der Waals surface area contributed by atoms with Crippen LogP contribution in [0, 0.1) is 11.3 Å². The number of hydrogen-bond acceptors (Lipinski definition) is 4. The molecule has 0 saturated carbocycles. The van der Waals surface area contributed by atoms with Crippen LogP contribution < -0.4 is 5.32 Å². The lowest BCUT2D eigenvalue weighted by atomic mass is 10.2. The van der Waals surface area contributed by atoms with Crippen LogP contribution in [0.15, 0.2) is 49.5 Å². The third kappa shape index (κ3) is 4.31. The molecule has 116 valence electrons. The molecule has 0 fully saturated rings. The number of nitrogens with zero attached hydrogens (tertiary/aromatic N) is 1. The lowest BCUT2D eigenvalue weighted by molar-refractivity contribution is -0.112. The first-order valence-electron chi connectivity index (χ1n) is 6.12. The predicted molar refractivity (Wildman–Crippen MR) is 89.7 cm³/mol. The normalized spacial score (nSPS) is 10.9. The van der Waals surface area contributed by atoms with Crippen molar-refractivity contribution in [2.45, 2.75) is 0 Å². The highest BCUT2D eigenvalue weighted by atomic mass is 79.9. The van der Waals surface area contributed by atoms with Crippen molar-refractivity contribution in [3.05, 3.63) is 56.4 Å². The van der Waals surface area contributed by atoms with Crippen LogP contribution in [0.5, 0.6) is 0 Å². The number of carbonyl (C=O) groups excluding carboxylic acids is 1. The quantitative estimate of drug-likeness (QED) is 0.552. The van der Waals surface area contributed by atoms with Crippen LogP contribution in [-0.4, -0.2) is 17.0 Å². The highest BCUT2D eigenvalue weighted by Gasteiger charge is 2.13. The number of carboxylic acid groups (broad SMARTS) is 1. The molecule has 0 aliphatic carbocycles. The molecule has 2 rings (SSSR count). The zero-order valence-electron chi connectivity index (χ0n) is 11.3. The molecule has 0 aliphatic heterocycles. The second-order valence-electron chi connectivity index (χ2n) is 4.28. The molecule has 1 heterocycles. The Morgan fingerprint density at radius 1 is 1.30 bits per heavy atom. The molecule has 0 bridgehead atoms. The number of carbonyl (C=O) groups is 2. The number of anilines is 1. The maximum absolute atomic E-state index is 12.1. The first-order chi connectivity index (χ1) is 10.9. The van der Waals surface area contributed by atoms with E-state index in [2.05, 4.69) is 37.2 Å². The van der Waals surface area contributed by atoms with Gasteiger partial charge in [-0.1, -0.05) is 6.07 Å². The van der Waals surface area contributed by atoms with Gasteiger partial charge in [-0.15, -0.1) is 0 Å². The van der Waals surface area contributed by atoms with Gasteiger partial charge in [-0.25, -0.2) is 4.79 Å². The number of aromatic carboxylic acids is 1. The number of hydrogen-bond donors (Lipinski definition) is 2. The lowest BCUT2D eigenvalue weighted by Crippen LogP contribution is -2.13. The van der Waals surface area contributed by atoms with Crippen LogP contribution in [0.2, 0.25) is 0 Å². The third-order valence-corrected chi connectivity index (χ3v) is 4.39.